The van der Waals surface area contributed by atoms with Crippen LogP contribution in [-0.4, -0.2) is 42.7 Å². The Labute approximate surface area is 90.4 Å². The largest absolute Gasteiger partial charge is 0.303 e. The van der Waals surface area contributed by atoms with Crippen LogP contribution in [0, 0.1) is 11.8 Å². The Morgan fingerprint density at radius 3 is 2.50 bits per heavy atom. The van der Waals surface area contributed by atoms with E-state index < -0.39 is 0 Å². The van der Waals surface area contributed by atoms with E-state index in [4.69, 9.17) is 0 Å². The van der Waals surface area contributed by atoms with E-state index in [2.05, 4.69) is 16.7 Å². The van der Waals surface area contributed by atoms with Crippen LogP contribution in [0.2, 0.25) is 0 Å². The van der Waals surface area contributed by atoms with E-state index in [-0.39, 0.29) is 6.67 Å². The molecule has 2 fully saturated rings. The number of rotatable bonds is 3. The average Bonchev–Trinajstić information content (AvgIpc) is 2.72. The molecule has 0 spiro atoms. The van der Waals surface area contributed by atoms with Crippen molar-refractivity contribution in [3.63, 3.8) is 0 Å². The van der Waals surface area contributed by atoms with Gasteiger partial charge in [-0.2, -0.15) is 11.8 Å². The van der Waals surface area contributed by atoms with E-state index in [9.17, 15) is 4.39 Å². The number of alkyl halides is 1. The Hall–Kier alpha value is 0.240. The highest BCUT2D eigenvalue weighted by atomic mass is 32.2. The maximum Gasteiger partial charge on any atom is 0.0923 e. The normalized spacial score (nSPS) is 31.1. The van der Waals surface area contributed by atoms with Crippen molar-refractivity contribution in [2.45, 2.75) is 19.3 Å². The van der Waals surface area contributed by atoms with Crippen molar-refractivity contribution >= 4 is 11.8 Å². The maximum atomic E-state index is 12.4. The van der Waals surface area contributed by atoms with Gasteiger partial charge >= 0.3 is 0 Å². The molecule has 2 rings (SSSR count). The van der Waals surface area contributed by atoms with Gasteiger partial charge < -0.3 is 4.90 Å². The summed E-state index contributed by atoms with van der Waals surface area (Å²) in [5.41, 5.74) is 0. The fourth-order valence-electron chi connectivity index (χ4n) is 2.42. The number of halogens is 1. The van der Waals surface area contributed by atoms with E-state index in [1.54, 1.807) is 0 Å². The van der Waals surface area contributed by atoms with Gasteiger partial charge in [0, 0.05) is 6.54 Å². The first-order valence-electron chi connectivity index (χ1n) is 5.74. The lowest BCUT2D eigenvalue weighted by Crippen LogP contribution is -2.37. The summed E-state index contributed by atoms with van der Waals surface area (Å²) in [6.45, 7) is 3.44. The van der Waals surface area contributed by atoms with Crippen LogP contribution in [0.15, 0.2) is 0 Å². The zero-order valence-corrected chi connectivity index (χ0v) is 9.57. The third kappa shape index (κ3) is 2.86. The average molecular weight is 217 g/mol. The quantitative estimate of drug-likeness (QED) is 0.714. The minimum absolute atomic E-state index is 0.104. The van der Waals surface area contributed by atoms with Crippen LogP contribution in [0.4, 0.5) is 4.39 Å². The number of hydrogen-bond acceptors (Lipinski definition) is 2. The molecule has 0 aromatic carbocycles. The predicted molar refractivity (Wildman–Crippen MR) is 60.6 cm³/mol. The molecule has 0 amide bonds. The Balaban J connectivity index is 1.67. The lowest BCUT2D eigenvalue weighted by molar-refractivity contribution is 0.150. The van der Waals surface area contributed by atoms with Crippen LogP contribution in [0.1, 0.15) is 19.3 Å². The van der Waals surface area contributed by atoms with Crippen LogP contribution in [0.3, 0.4) is 0 Å². The fraction of sp³-hybridized carbons (Fsp3) is 1.00. The Kier molecular flexibility index (Phi) is 4.11. The van der Waals surface area contributed by atoms with Gasteiger partial charge in [-0.05, 0) is 55.7 Å². The topological polar surface area (TPSA) is 3.24 Å². The second-order valence-electron chi connectivity index (χ2n) is 4.63. The Morgan fingerprint density at radius 1 is 1.14 bits per heavy atom. The van der Waals surface area contributed by atoms with Crippen molar-refractivity contribution in [2.75, 3.05) is 37.8 Å². The predicted octanol–water partition coefficient (Wildman–Crippen LogP) is 2.42. The highest BCUT2D eigenvalue weighted by Gasteiger charge is 2.23. The van der Waals surface area contributed by atoms with Crippen LogP contribution in [0.5, 0.6) is 0 Å². The van der Waals surface area contributed by atoms with Gasteiger partial charge in [0.15, 0.2) is 0 Å². The molecule has 2 aliphatic rings. The molecule has 3 heteroatoms. The maximum absolute atomic E-state index is 12.4. The highest BCUT2D eigenvalue weighted by Crippen LogP contribution is 2.26. The molecule has 2 aliphatic heterocycles. The van der Waals surface area contributed by atoms with Crippen molar-refractivity contribution in [3.8, 4) is 0 Å². The fourth-order valence-corrected chi connectivity index (χ4v) is 3.69. The van der Waals surface area contributed by atoms with Crippen molar-refractivity contribution in [1.82, 2.24) is 4.90 Å². The van der Waals surface area contributed by atoms with Crippen molar-refractivity contribution < 1.29 is 4.39 Å². The smallest absolute Gasteiger partial charge is 0.0923 e. The number of thioether (sulfide) groups is 1. The SMILES string of the molecule is FCC1CCN(CC2CCSC2)CC1. The van der Waals surface area contributed by atoms with Gasteiger partial charge in [0.25, 0.3) is 0 Å². The molecule has 0 aromatic rings. The minimum Gasteiger partial charge on any atom is -0.303 e. The standard InChI is InChI=1S/C11H20FNS/c12-7-10-1-4-13(5-2-10)8-11-3-6-14-9-11/h10-11H,1-9H2. The number of nitrogens with zero attached hydrogens (tertiary/aromatic N) is 1. The summed E-state index contributed by atoms with van der Waals surface area (Å²) in [4.78, 5) is 2.54. The van der Waals surface area contributed by atoms with Gasteiger partial charge in [-0.15, -0.1) is 0 Å². The Bertz CT molecular complexity index is 163. The van der Waals surface area contributed by atoms with Crippen molar-refractivity contribution in [1.29, 1.82) is 0 Å². The molecular formula is C11H20FNS. The monoisotopic (exact) mass is 217 g/mol. The number of hydrogen-bond donors (Lipinski definition) is 0. The molecule has 1 unspecified atom stereocenters. The molecule has 14 heavy (non-hydrogen) atoms. The molecule has 0 N–H and O–H groups in total. The van der Waals surface area contributed by atoms with Gasteiger partial charge in [0.05, 0.1) is 6.67 Å². The molecule has 0 aliphatic carbocycles. The minimum atomic E-state index is -0.104. The summed E-state index contributed by atoms with van der Waals surface area (Å²) < 4.78 is 12.4. The lowest BCUT2D eigenvalue weighted by atomic mass is 9.97. The summed E-state index contributed by atoms with van der Waals surface area (Å²) in [5, 5.41) is 0. The molecular weight excluding hydrogens is 197 g/mol. The second-order valence-corrected chi connectivity index (χ2v) is 5.78. The van der Waals surface area contributed by atoms with Gasteiger partial charge in [0.2, 0.25) is 0 Å². The molecule has 1 atom stereocenters. The molecule has 0 radical (unpaired) electrons. The zero-order chi connectivity index (χ0) is 9.80. The molecule has 82 valence electrons. The third-order valence-corrected chi connectivity index (χ3v) is 4.70. The molecule has 2 heterocycles. The van der Waals surface area contributed by atoms with Crippen molar-refractivity contribution in [3.05, 3.63) is 0 Å². The lowest BCUT2D eigenvalue weighted by Gasteiger charge is -2.32. The second kappa shape index (κ2) is 5.36. The van der Waals surface area contributed by atoms with Gasteiger partial charge in [-0.25, -0.2) is 0 Å². The van der Waals surface area contributed by atoms with E-state index in [1.165, 1.54) is 24.5 Å². The van der Waals surface area contributed by atoms with E-state index in [1.807, 2.05) is 0 Å². The summed E-state index contributed by atoms with van der Waals surface area (Å²) in [5.74, 6) is 3.99. The first kappa shape index (κ1) is 10.7. The first-order valence-corrected chi connectivity index (χ1v) is 6.90. The third-order valence-electron chi connectivity index (χ3n) is 3.47. The number of piperidine rings is 1. The Morgan fingerprint density at radius 2 is 1.93 bits per heavy atom. The summed E-state index contributed by atoms with van der Waals surface area (Å²) in [6, 6.07) is 0. The van der Waals surface area contributed by atoms with Crippen LogP contribution >= 0.6 is 11.8 Å². The van der Waals surface area contributed by atoms with E-state index >= 15 is 0 Å². The summed E-state index contributed by atoms with van der Waals surface area (Å²) in [7, 11) is 0. The van der Waals surface area contributed by atoms with E-state index in [0.717, 1.165) is 31.8 Å². The summed E-state index contributed by atoms with van der Waals surface area (Å²) >= 11 is 2.09. The van der Waals surface area contributed by atoms with Crippen LogP contribution < -0.4 is 0 Å². The van der Waals surface area contributed by atoms with E-state index in [0.29, 0.717) is 5.92 Å². The van der Waals surface area contributed by atoms with Crippen LogP contribution in [0.25, 0.3) is 0 Å². The highest BCUT2D eigenvalue weighted by molar-refractivity contribution is 7.99. The van der Waals surface area contributed by atoms with Crippen molar-refractivity contribution in [2.24, 2.45) is 11.8 Å². The molecule has 0 saturated carbocycles. The van der Waals surface area contributed by atoms with Gasteiger partial charge in [0.1, 0.15) is 0 Å². The van der Waals surface area contributed by atoms with Gasteiger partial charge in [-0.1, -0.05) is 0 Å². The molecule has 0 aromatic heterocycles. The zero-order valence-electron chi connectivity index (χ0n) is 8.75. The summed E-state index contributed by atoms with van der Waals surface area (Å²) in [6.07, 6.45) is 3.56. The number of likely N-dealkylation sites (tertiary alicyclic amines) is 1. The molecule has 1 nitrogen and oxygen atoms in total. The van der Waals surface area contributed by atoms with Gasteiger partial charge in [-0.3, -0.25) is 4.39 Å². The first-order chi connectivity index (χ1) is 6.88. The molecule has 2 saturated heterocycles. The van der Waals surface area contributed by atoms with Crippen LogP contribution in [-0.2, 0) is 0 Å². The molecule has 0 bridgehead atoms.